The lowest BCUT2D eigenvalue weighted by molar-refractivity contribution is -0.0452. The molecule has 2 rings (SSSR count). The van der Waals surface area contributed by atoms with Gasteiger partial charge in [0, 0.05) is 0 Å². The molecule has 0 aromatic heterocycles. The minimum absolute atomic E-state index is 0.0923. The maximum Gasteiger partial charge on any atom is 0.250 e. The standard InChI is InChI=1S/C16H25BrO4Si/c1-16(2,3)22(5,6)21-13-11(15-19-9-10-20-15)7-8-12(17)14(13)18-4/h7-8,15H,9-10H2,1-6H3. The van der Waals surface area contributed by atoms with Crippen LogP contribution in [0.5, 0.6) is 11.5 Å². The summed E-state index contributed by atoms with van der Waals surface area (Å²) in [5.41, 5.74) is 0.891. The van der Waals surface area contributed by atoms with Crippen molar-refractivity contribution >= 4 is 24.2 Å². The molecule has 1 aromatic rings. The third-order valence-electron chi connectivity index (χ3n) is 4.34. The molecule has 1 aliphatic heterocycles. The van der Waals surface area contributed by atoms with Gasteiger partial charge in [0.1, 0.15) is 0 Å². The zero-order valence-corrected chi connectivity index (χ0v) is 16.7. The number of hydrogen-bond acceptors (Lipinski definition) is 4. The molecule has 1 heterocycles. The van der Waals surface area contributed by atoms with Crippen molar-refractivity contribution in [2.24, 2.45) is 0 Å². The second-order valence-corrected chi connectivity index (χ2v) is 12.5. The Balaban J connectivity index is 2.48. The van der Waals surface area contributed by atoms with E-state index in [1.807, 2.05) is 12.1 Å². The Morgan fingerprint density at radius 3 is 2.23 bits per heavy atom. The van der Waals surface area contributed by atoms with Crippen LogP contribution in [0.2, 0.25) is 18.1 Å². The molecular formula is C16H25BrO4Si. The smallest absolute Gasteiger partial charge is 0.250 e. The zero-order valence-electron chi connectivity index (χ0n) is 14.2. The number of methoxy groups -OCH3 is 1. The average molecular weight is 389 g/mol. The summed E-state index contributed by atoms with van der Waals surface area (Å²) in [5, 5.41) is 0.0923. The second kappa shape index (κ2) is 6.51. The summed E-state index contributed by atoms with van der Waals surface area (Å²) in [5.74, 6) is 1.43. The van der Waals surface area contributed by atoms with Crippen molar-refractivity contribution < 1.29 is 18.6 Å². The van der Waals surface area contributed by atoms with Crippen molar-refractivity contribution in [2.75, 3.05) is 20.3 Å². The lowest BCUT2D eigenvalue weighted by Crippen LogP contribution is -2.44. The molecule has 1 fully saturated rings. The average Bonchev–Trinajstić information content (AvgIpc) is 2.91. The van der Waals surface area contributed by atoms with Gasteiger partial charge in [0.15, 0.2) is 17.8 Å². The first-order valence-corrected chi connectivity index (χ1v) is 11.2. The van der Waals surface area contributed by atoms with Crippen LogP contribution in [0.4, 0.5) is 0 Å². The van der Waals surface area contributed by atoms with E-state index in [0.717, 1.165) is 15.8 Å². The summed E-state index contributed by atoms with van der Waals surface area (Å²) in [4.78, 5) is 0. The van der Waals surface area contributed by atoms with Crippen LogP contribution in [-0.4, -0.2) is 28.6 Å². The summed E-state index contributed by atoms with van der Waals surface area (Å²) in [6.45, 7) is 12.3. The molecule has 1 aromatic carbocycles. The van der Waals surface area contributed by atoms with Gasteiger partial charge in [-0.2, -0.15) is 0 Å². The third kappa shape index (κ3) is 3.50. The molecule has 4 nitrogen and oxygen atoms in total. The minimum Gasteiger partial charge on any atom is -0.541 e. The van der Waals surface area contributed by atoms with Gasteiger partial charge >= 0.3 is 0 Å². The molecule has 0 radical (unpaired) electrons. The van der Waals surface area contributed by atoms with E-state index in [9.17, 15) is 0 Å². The molecule has 124 valence electrons. The zero-order chi connectivity index (χ0) is 16.5. The highest BCUT2D eigenvalue weighted by Gasteiger charge is 2.41. The largest absolute Gasteiger partial charge is 0.541 e. The molecule has 0 amide bonds. The predicted molar refractivity (Wildman–Crippen MR) is 93.2 cm³/mol. The summed E-state index contributed by atoms with van der Waals surface area (Å²) in [6, 6.07) is 3.92. The minimum atomic E-state index is -2.01. The van der Waals surface area contributed by atoms with Crippen molar-refractivity contribution in [1.82, 2.24) is 0 Å². The van der Waals surface area contributed by atoms with E-state index in [-0.39, 0.29) is 11.3 Å². The highest BCUT2D eigenvalue weighted by Crippen LogP contribution is 2.46. The molecule has 0 N–H and O–H groups in total. The molecule has 0 atom stereocenters. The van der Waals surface area contributed by atoms with Gasteiger partial charge in [0.2, 0.25) is 0 Å². The number of halogens is 1. The van der Waals surface area contributed by atoms with Crippen LogP contribution in [0.1, 0.15) is 32.6 Å². The predicted octanol–water partition coefficient (Wildman–Crippen LogP) is 4.89. The maximum atomic E-state index is 6.54. The van der Waals surface area contributed by atoms with Gasteiger partial charge in [0.05, 0.1) is 30.4 Å². The number of benzene rings is 1. The molecular weight excluding hydrogens is 364 g/mol. The molecule has 1 saturated heterocycles. The Morgan fingerprint density at radius 1 is 1.14 bits per heavy atom. The summed E-state index contributed by atoms with van der Waals surface area (Å²) >= 11 is 3.54. The normalized spacial score (nSPS) is 16.9. The van der Waals surface area contributed by atoms with E-state index in [1.165, 1.54) is 0 Å². The maximum absolute atomic E-state index is 6.54. The Kier molecular flexibility index (Phi) is 5.26. The van der Waals surface area contributed by atoms with Crippen LogP contribution in [0.15, 0.2) is 16.6 Å². The second-order valence-electron chi connectivity index (χ2n) is 6.93. The Hall–Kier alpha value is -0.563. The van der Waals surface area contributed by atoms with E-state index < -0.39 is 8.32 Å². The van der Waals surface area contributed by atoms with Gasteiger partial charge in [-0.3, -0.25) is 0 Å². The summed E-state index contributed by atoms with van der Waals surface area (Å²) < 4.78 is 24.3. The number of rotatable bonds is 4. The first-order chi connectivity index (χ1) is 10.2. The van der Waals surface area contributed by atoms with Crippen LogP contribution >= 0.6 is 15.9 Å². The fraction of sp³-hybridized carbons (Fsp3) is 0.625. The van der Waals surface area contributed by atoms with Crippen molar-refractivity contribution in [3.05, 3.63) is 22.2 Å². The molecule has 0 bridgehead atoms. The van der Waals surface area contributed by atoms with E-state index in [4.69, 9.17) is 18.6 Å². The van der Waals surface area contributed by atoms with Gasteiger partial charge in [-0.1, -0.05) is 20.8 Å². The number of hydrogen-bond donors (Lipinski definition) is 0. The monoisotopic (exact) mass is 388 g/mol. The topological polar surface area (TPSA) is 36.9 Å². The molecule has 0 saturated carbocycles. The molecule has 0 aliphatic carbocycles. The van der Waals surface area contributed by atoms with Gasteiger partial charge in [0.25, 0.3) is 8.32 Å². The van der Waals surface area contributed by atoms with Gasteiger partial charge < -0.3 is 18.6 Å². The lowest BCUT2D eigenvalue weighted by atomic mass is 10.2. The van der Waals surface area contributed by atoms with Gasteiger partial charge in [-0.15, -0.1) is 0 Å². The Labute approximate surface area is 142 Å². The summed E-state index contributed by atoms with van der Waals surface area (Å²) in [7, 11) is -0.359. The molecule has 1 aliphatic rings. The van der Waals surface area contributed by atoms with E-state index >= 15 is 0 Å². The highest BCUT2D eigenvalue weighted by molar-refractivity contribution is 9.10. The van der Waals surface area contributed by atoms with Crippen LogP contribution in [0.25, 0.3) is 0 Å². The fourth-order valence-corrected chi connectivity index (χ4v) is 3.48. The van der Waals surface area contributed by atoms with Crippen molar-refractivity contribution in [3.63, 3.8) is 0 Å². The van der Waals surface area contributed by atoms with Crippen molar-refractivity contribution in [1.29, 1.82) is 0 Å². The lowest BCUT2D eigenvalue weighted by Gasteiger charge is -2.37. The van der Waals surface area contributed by atoms with E-state index in [1.54, 1.807) is 7.11 Å². The summed E-state index contributed by atoms with van der Waals surface area (Å²) in [6.07, 6.45) is -0.387. The van der Waals surface area contributed by atoms with E-state index in [0.29, 0.717) is 19.0 Å². The van der Waals surface area contributed by atoms with Crippen molar-refractivity contribution in [2.45, 2.75) is 45.2 Å². The van der Waals surface area contributed by atoms with Gasteiger partial charge in [-0.25, -0.2) is 0 Å². The van der Waals surface area contributed by atoms with Crippen LogP contribution in [-0.2, 0) is 9.47 Å². The quantitative estimate of drug-likeness (QED) is 0.688. The van der Waals surface area contributed by atoms with Crippen LogP contribution < -0.4 is 9.16 Å². The first-order valence-electron chi connectivity index (χ1n) is 7.46. The molecule has 0 unspecified atom stereocenters. The number of ether oxygens (including phenoxy) is 3. The molecule has 0 spiro atoms. The van der Waals surface area contributed by atoms with Crippen LogP contribution in [0, 0.1) is 0 Å². The molecule has 22 heavy (non-hydrogen) atoms. The fourth-order valence-electron chi connectivity index (χ4n) is 1.98. The SMILES string of the molecule is COc1c(Br)ccc(C2OCCO2)c1O[Si](C)(C)C(C)(C)C. The van der Waals surface area contributed by atoms with Crippen molar-refractivity contribution in [3.8, 4) is 11.5 Å². The third-order valence-corrected chi connectivity index (χ3v) is 9.29. The Morgan fingerprint density at radius 2 is 1.73 bits per heavy atom. The van der Waals surface area contributed by atoms with Gasteiger partial charge in [-0.05, 0) is 46.2 Å². The Bertz CT molecular complexity index is 534. The first kappa shape index (κ1) is 17.8. The highest BCUT2D eigenvalue weighted by atomic mass is 79.9. The molecule has 6 heteroatoms. The van der Waals surface area contributed by atoms with E-state index in [2.05, 4.69) is 49.8 Å². The van der Waals surface area contributed by atoms with Crippen LogP contribution in [0.3, 0.4) is 0 Å².